The van der Waals surface area contributed by atoms with Gasteiger partial charge in [0.15, 0.2) is 0 Å². The van der Waals surface area contributed by atoms with Crippen LogP contribution in [0.3, 0.4) is 0 Å². The number of ether oxygens (including phenoxy) is 1. The summed E-state index contributed by atoms with van der Waals surface area (Å²) in [4.78, 5) is 8.77. The molecule has 2 aromatic heterocycles. The molecule has 4 aromatic rings. The van der Waals surface area contributed by atoms with Gasteiger partial charge in [-0.2, -0.15) is 5.26 Å². The number of para-hydroxylation sites is 1. The fraction of sp³-hybridized carbons (Fsp3) is 0.240. The number of anilines is 1. The van der Waals surface area contributed by atoms with E-state index in [4.69, 9.17) is 16.2 Å². The predicted octanol–water partition coefficient (Wildman–Crippen LogP) is 4.81. The van der Waals surface area contributed by atoms with E-state index in [1.807, 2.05) is 54.6 Å². The molecule has 7 nitrogen and oxygen atoms in total. The van der Waals surface area contributed by atoms with Gasteiger partial charge in [0.1, 0.15) is 34.8 Å². The fourth-order valence-electron chi connectivity index (χ4n) is 4.44. The van der Waals surface area contributed by atoms with Crippen molar-refractivity contribution in [2.45, 2.75) is 37.3 Å². The summed E-state index contributed by atoms with van der Waals surface area (Å²) >= 11 is 0. The Hall–Kier alpha value is -3.89. The van der Waals surface area contributed by atoms with Crippen LogP contribution in [-0.2, 0) is 0 Å². The topological polar surface area (TPSA) is 116 Å². The van der Waals surface area contributed by atoms with Crippen LogP contribution in [0, 0.1) is 11.3 Å². The summed E-state index contributed by atoms with van der Waals surface area (Å²) in [5.74, 6) is 2.01. The smallest absolute Gasteiger partial charge is 0.146 e. The molecule has 1 saturated carbocycles. The van der Waals surface area contributed by atoms with Crippen molar-refractivity contribution in [1.29, 1.82) is 5.26 Å². The molecule has 0 spiro atoms. The summed E-state index contributed by atoms with van der Waals surface area (Å²) in [7, 11) is 0. The molecule has 160 valence electrons. The number of hydrogen-bond acceptors (Lipinski definition) is 6. The van der Waals surface area contributed by atoms with Crippen molar-refractivity contribution in [3.8, 4) is 28.7 Å². The molecule has 4 N–H and O–H groups in total. The van der Waals surface area contributed by atoms with Gasteiger partial charge in [-0.25, -0.2) is 9.97 Å². The second kappa shape index (κ2) is 7.98. The number of benzene rings is 2. The highest BCUT2D eigenvalue weighted by Gasteiger charge is 2.33. The zero-order chi connectivity index (χ0) is 22.1. The van der Waals surface area contributed by atoms with Crippen molar-refractivity contribution in [1.82, 2.24) is 14.5 Å². The Labute approximate surface area is 186 Å². The molecule has 0 saturated heterocycles. The molecule has 2 heterocycles. The lowest BCUT2D eigenvalue weighted by Crippen LogP contribution is -2.42. The second-order valence-electron chi connectivity index (χ2n) is 8.35. The zero-order valence-corrected chi connectivity index (χ0v) is 17.6. The molecule has 0 radical (unpaired) electrons. The first-order chi connectivity index (χ1) is 15.6. The number of aromatic nitrogens is 3. The first kappa shape index (κ1) is 20.0. The van der Waals surface area contributed by atoms with Gasteiger partial charge in [0.05, 0.1) is 11.5 Å². The van der Waals surface area contributed by atoms with Crippen molar-refractivity contribution in [3.63, 3.8) is 0 Å². The second-order valence-corrected chi connectivity index (χ2v) is 8.35. The molecule has 0 unspecified atom stereocenters. The molecule has 0 aliphatic heterocycles. The van der Waals surface area contributed by atoms with Crippen LogP contribution in [0.25, 0.3) is 22.2 Å². The molecular formula is C25H24N6O. The van der Waals surface area contributed by atoms with E-state index in [9.17, 15) is 5.26 Å². The van der Waals surface area contributed by atoms with E-state index in [-0.39, 0.29) is 6.04 Å². The first-order valence-electron chi connectivity index (χ1n) is 10.7. The fourth-order valence-corrected chi connectivity index (χ4v) is 4.44. The van der Waals surface area contributed by atoms with Gasteiger partial charge in [-0.15, -0.1) is 0 Å². The summed E-state index contributed by atoms with van der Waals surface area (Å²) in [5, 5.41) is 10.2. The van der Waals surface area contributed by atoms with E-state index in [1.54, 1.807) is 0 Å². The van der Waals surface area contributed by atoms with Crippen molar-refractivity contribution < 1.29 is 4.74 Å². The molecule has 1 aliphatic rings. The summed E-state index contributed by atoms with van der Waals surface area (Å²) in [6, 6.07) is 20.1. The summed E-state index contributed by atoms with van der Waals surface area (Å²) in [5.41, 5.74) is 14.5. The van der Waals surface area contributed by atoms with E-state index in [0.717, 1.165) is 46.5 Å². The van der Waals surface area contributed by atoms with Crippen molar-refractivity contribution in [2.75, 3.05) is 5.73 Å². The maximum absolute atomic E-state index is 9.35. The SMILES string of the molecule is N#C[C@]1(N)CC[C@H](n2cc(-c3ccc(Oc4ccccc4)cc3)c3c(N)ncnc32)CC1. The van der Waals surface area contributed by atoms with Crippen LogP contribution in [0.2, 0.25) is 0 Å². The highest BCUT2D eigenvalue weighted by atomic mass is 16.5. The van der Waals surface area contributed by atoms with Crippen molar-refractivity contribution in [2.24, 2.45) is 5.73 Å². The Balaban J connectivity index is 1.49. The molecule has 32 heavy (non-hydrogen) atoms. The van der Waals surface area contributed by atoms with E-state index < -0.39 is 5.54 Å². The van der Waals surface area contributed by atoms with Gasteiger partial charge in [0.2, 0.25) is 0 Å². The first-order valence-corrected chi connectivity index (χ1v) is 10.7. The van der Waals surface area contributed by atoms with Crippen molar-refractivity contribution >= 4 is 16.9 Å². The van der Waals surface area contributed by atoms with Crippen LogP contribution >= 0.6 is 0 Å². The zero-order valence-electron chi connectivity index (χ0n) is 17.6. The Morgan fingerprint density at radius 3 is 2.38 bits per heavy atom. The highest BCUT2D eigenvalue weighted by molar-refractivity contribution is 6.00. The molecule has 2 aromatic carbocycles. The molecule has 7 heteroatoms. The van der Waals surface area contributed by atoms with Gasteiger partial charge in [0, 0.05) is 17.8 Å². The molecule has 5 rings (SSSR count). The number of rotatable bonds is 4. The molecule has 0 amide bonds. The summed E-state index contributed by atoms with van der Waals surface area (Å²) < 4.78 is 8.09. The van der Waals surface area contributed by atoms with Crippen LogP contribution in [0.1, 0.15) is 31.7 Å². The van der Waals surface area contributed by atoms with E-state index in [2.05, 4.69) is 26.8 Å². The molecule has 0 bridgehead atoms. The predicted molar refractivity (Wildman–Crippen MR) is 124 cm³/mol. The standard InChI is InChI=1S/C25H24N6O/c26-15-25(28)12-10-18(11-13-25)31-14-21(22-23(27)29-16-30-24(22)31)17-6-8-20(9-7-17)32-19-4-2-1-3-5-19/h1-9,14,16,18H,10-13,28H2,(H2,27,29,30)/t18-,25-. The lowest BCUT2D eigenvalue weighted by atomic mass is 9.81. The monoisotopic (exact) mass is 424 g/mol. The third kappa shape index (κ3) is 3.66. The molecule has 1 fully saturated rings. The van der Waals surface area contributed by atoms with E-state index in [1.165, 1.54) is 6.33 Å². The summed E-state index contributed by atoms with van der Waals surface area (Å²) in [6.45, 7) is 0. The number of fused-ring (bicyclic) bond motifs is 1. The minimum Gasteiger partial charge on any atom is -0.457 e. The van der Waals surface area contributed by atoms with Gasteiger partial charge in [-0.05, 0) is 55.5 Å². The lowest BCUT2D eigenvalue weighted by Gasteiger charge is -2.32. The number of nitrogens with two attached hydrogens (primary N) is 2. The average molecular weight is 425 g/mol. The highest BCUT2D eigenvalue weighted by Crippen LogP contribution is 2.40. The Morgan fingerprint density at radius 1 is 1.00 bits per heavy atom. The third-order valence-electron chi connectivity index (χ3n) is 6.25. The third-order valence-corrected chi connectivity index (χ3v) is 6.25. The van der Waals surface area contributed by atoms with Crippen LogP contribution in [0.15, 0.2) is 67.1 Å². The molecule has 1 aliphatic carbocycles. The Morgan fingerprint density at radius 2 is 1.69 bits per heavy atom. The minimum atomic E-state index is -0.731. The van der Waals surface area contributed by atoms with Crippen LogP contribution in [-0.4, -0.2) is 20.1 Å². The lowest BCUT2D eigenvalue weighted by molar-refractivity contribution is 0.284. The van der Waals surface area contributed by atoms with E-state index in [0.29, 0.717) is 18.7 Å². The quantitative estimate of drug-likeness (QED) is 0.486. The minimum absolute atomic E-state index is 0.214. The Kier molecular flexibility index (Phi) is 5.00. The van der Waals surface area contributed by atoms with E-state index >= 15 is 0 Å². The Bertz CT molecular complexity index is 1280. The summed E-state index contributed by atoms with van der Waals surface area (Å²) in [6.07, 6.45) is 6.57. The number of nitriles is 1. The van der Waals surface area contributed by atoms with Gasteiger partial charge in [-0.3, -0.25) is 0 Å². The number of nitrogen functional groups attached to an aromatic ring is 1. The van der Waals surface area contributed by atoms with Gasteiger partial charge >= 0.3 is 0 Å². The number of nitrogens with zero attached hydrogens (tertiary/aromatic N) is 4. The maximum atomic E-state index is 9.35. The average Bonchev–Trinajstić information content (AvgIpc) is 3.22. The van der Waals surface area contributed by atoms with Crippen molar-refractivity contribution in [3.05, 3.63) is 67.1 Å². The normalized spacial score (nSPS) is 20.7. The van der Waals surface area contributed by atoms with Gasteiger partial charge in [-0.1, -0.05) is 30.3 Å². The van der Waals surface area contributed by atoms with Gasteiger partial charge < -0.3 is 20.8 Å². The molecule has 0 atom stereocenters. The molecular weight excluding hydrogens is 400 g/mol. The van der Waals surface area contributed by atoms with Crippen LogP contribution in [0.4, 0.5) is 5.82 Å². The maximum Gasteiger partial charge on any atom is 0.146 e. The number of hydrogen-bond donors (Lipinski definition) is 2. The van der Waals surface area contributed by atoms with Gasteiger partial charge in [0.25, 0.3) is 0 Å². The van der Waals surface area contributed by atoms with Crippen LogP contribution < -0.4 is 16.2 Å². The van der Waals surface area contributed by atoms with Crippen LogP contribution in [0.5, 0.6) is 11.5 Å². The largest absolute Gasteiger partial charge is 0.457 e.